The van der Waals surface area contributed by atoms with E-state index in [9.17, 15) is 5.11 Å². The van der Waals surface area contributed by atoms with Crippen molar-refractivity contribution in [3.63, 3.8) is 0 Å². The van der Waals surface area contributed by atoms with Gasteiger partial charge >= 0.3 is 0 Å². The number of nitrogens with one attached hydrogen (secondary N) is 1. The van der Waals surface area contributed by atoms with E-state index < -0.39 is 0 Å². The fourth-order valence-corrected chi connectivity index (χ4v) is 2.92. The fraction of sp³-hybridized carbons (Fsp3) is 0.368. The lowest BCUT2D eigenvalue weighted by Gasteiger charge is -2.20. The third-order valence-electron chi connectivity index (χ3n) is 4.44. The van der Waals surface area contributed by atoms with Gasteiger partial charge in [-0.2, -0.15) is 9.61 Å². The van der Waals surface area contributed by atoms with Gasteiger partial charge in [0.1, 0.15) is 11.6 Å². The summed E-state index contributed by atoms with van der Waals surface area (Å²) >= 11 is 0. The molecular formula is C19H24N4O2. The van der Waals surface area contributed by atoms with Crippen molar-refractivity contribution in [2.75, 3.05) is 19.0 Å². The van der Waals surface area contributed by atoms with E-state index in [1.165, 1.54) is 0 Å². The second-order valence-corrected chi connectivity index (χ2v) is 6.21. The lowest BCUT2D eigenvalue weighted by Crippen LogP contribution is -2.15. The first kappa shape index (κ1) is 17.2. The molecule has 2 aromatic heterocycles. The molecule has 0 bridgehead atoms. The topological polar surface area (TPSA) is 71.7 Å². The molecule has 0 aliphatic heterocycles. The second-order valence-electron chi connectivity index (χ2n) is 6.21. The third-order valence-corrected chi connectivity index (χ3v) is 4.44. The van der Waals surface area contributed by atoms with Crippen LogP contribution in [0.1, 0.15) is 35.0 Å². The molecule has 0 aliphatic carbocycles. The van der Waals surface area contributed by atoms with Crippen LogP contribution < -0.4 is 10.1 Å². The molecule has 0 saturated carbocycles. The van der Waals surface area contributed by atoms with Crippen LogP contribution in [0.4, 0.5) is 5.82 Å². The molecule has 3 rings (SSSR count). The molecule has 0 unspecified atom stereocenters. The Kier molecular flexibility index (Phi) is 4.90. The van der Waals surface area contributed by atoms with Crippen molar-refractivity contribution in [2.24, 2.45) is 0 Å². The maximum Gasteiger partial charge on any atom is 0.160 e. The monoisotopic (exact) mass is 340 g/mol. The van der Waals surface area contributed by atoms with Crippen LogP contribution in [0.5, 0.6) is 5.75 Å². The summed E-state index contributed by atoms with van der Waals surface area (Å²) in [4.78, 5) is 4.60. The maximum atomic E-state index is 9.49. The number of ether oxygens (including phenoxy) is 1. The lowest BCUT2D eigenvalue weighted by molar-refractivity contribution is 0.280. The van der Waals surface area contributed by atoms with Crippen LogP contribution in [0, 0.1) is 20.8 Å². The zero-order chi connectivity index (χ0) is 18.0. The van der Waals surface area contributed by atoms with Crippen LogP contribution in [-0.4, -0.2) is 33.4 Å². The normalized spacial score (nSPS) is 12.4. The smallest absolute Gasteiger partial charge is 0.160 e. The average molecular weight is 340 g/mol. The Morgan fingerprint density at radius 2 is 1.92 bits per heavy atom. The summed E-state index contributed by atoms with van der Waals surface area (Å²) in [5.41, 5.74) is 4.91. The Hall–Kier alpha value is -2.60. The number of aliphatic hydroxyl groups excluding tert-OH is 1. The molecule has 0 saturated heterocycles. The molecule has 6 nitrogen and oxygen atoms in total. The van der Waals surface area contributed by atoms with E-state index in [1.54, 1.807) is 7.11 Å². The molecule has 0 fully saturated rings. The molecule has 25 heavy (non-hydrogen) atoms. The van der Waals surface area contributed by atoms with E-state index in [0.717, 1.165) is 39.7 Å². The largest absolute Gasteiger partial charge is 0.497 e. The quantitative estimate of drug-likeness (QED) is 0.721. The van der Waals surface area contributed by atoms with E-state index in [-0.39, 0.29) is 12.6 Å². The molecule has 0 aliphatic rings. The van der Waals surface area contributed by atoms with Crippen molar-refractivity contribution >= 4 is 11.5 Å². The van der Waals surface area contributed by atoms with Crippen LogP contribution in [0.15, 0.2) is 30.3 Å². The van der Waals surface area contributed by atoms with Gasteiger partial charge in [-0.25, -0.2) is 4.98 Å². The summed E-state index contributed by atoms with van der Waals surface area (Å²) in [6.45, 7) is 6.08. The van der Waals surface area contributed by atoms with Crippen molar-refractivity contribution in [3.8, 4) is 5.75 Å². The molecule has 1 aromatic carbocycles. The maximum absolute atomic E-state index is 9.49. The zero-order valence-corrected chi connectivity index (χ0v) is 15.1. The SMILES string of the molecule is COc1ccc([C@@H](CCO)Nc2cc(C)nc3c(C)c(C)nn23)cc1. The van der Waals surface area contributed by atoms with E-state index in [1.807, 2.05) is 55.6 Å². The number of aliphatic hydroxyl groups is 1. The van der Waals surface area contributed by atoms with Gasteiger partial charge in [0.05, 0.1) is 18.8 Å². The molecule has 2 N–H and O–H groups in total. The summed E-state index contributed by atoms with van der Waals surface area (Å²) in [6, 6.07) is 9.82. The number of rotatable bonds is 6. The highest BCUT2D eigenvalue weighted by atomic mass is 16.5. The van der Waals surface area contributed by atoms with Gasteiger partial charge in [-0.05, 0) is 44.9 Å². The number of hydrogen-bond donors (Lipinski definition) is 2. The molecule has 2 heterocycles. The van der Waals surface area contributed by atoms with Gasteiger partial charge < -0.3 is 15.2 Å². The van der Waals surface area contributed by atoms with Gasteiger partial charge in [-0.15, -0.1) is 0 Å². The van der Waals surface area contributed by atoms with Crippen LogP contribution in [0.25, 0.3) is 5.65 Å². The molecule has 1 atom stereocenters. The first-order valence-electron chi connectivity index (χ1n) is 8.38. The van der Waals surface area contributed by atoms with Crippen LogP contribution in [-0.2, 0) is 0 Å². The predicted octanol–water partition coefficient (Wildman–Crippen LogP) is 3.20. The predicted molar refractivity (Wildman–Crippen MR) is 98.3 cm³/mol. The highest BCUT2D eigenvalue weighted by Crippen LogP contribution is 2.26. The van der Waals surface area contributed by atoms with Crippen molar-refractivity contribution in [1.82, 2.24) is 14.6 Å². The molecule has 132 valence electrons. The number of anilines is 1. The first-order chi connectivity index (χ1) is 12.0. The molecule has 6 heteroatoms. The highest BCUT2D eigenvalue weighted by Gasteiger charge is 2.16. The molecule has 0 radical (unpaired) electrons. The number of aromatic nitrogens is 3. The minimum absolute atomic E-state index is 0.0364. The Morgan fingerprint density at radius 1 is 1.20 bits per heavy atom. The van der Waals surface area contributed by atoms with Gasteiger partial charge in [0.15, 0.2) is 5.65 Å². The van der Waals surface area contributed by atoms with Gasteiger partial charge in [0.2, 0.25) is 0 Å². The number of aryl methyl sites for hydroxylation is 3. The van der Waals surface area contributed by atoms with E-state index >= 15 is 0 Å². The summed E-state index contributed by atoms with van der Waals surface area (Å²) < 4.78 is 7.06. The van der Waals surface area contributed by atoms with Crippen LogP contribution >= 0.6 is 0 Å². The average Bonchev–Trinajstić information content (AvgIpc) is 2.90. The van der Waals surface area contributed by atoms with Gasteiger partial charge in [-0.1, -0.05) is 12.1 Å². The van der Waals surface area contributed by atoms with Gasteiger partial charge in [-0.3, -0.25) is 0 Å². The highest BCUT2D eigenvalue weighted by molar-refractivity contribution is 5.56. The van der Waals surface area contributed by atoms with Crippen LogP contribution in [0.2, 0.25) is 0 Å². The van der Waals surface area contributed by atoms with E-state index in [0.29, 0.717) is 6.42 Å². The van der Waals surface area contributed by atoms with Gasteiger partial charge in [0.25, 0.3) is 0 Å². The standard InChI is InChI=1S/C19H24N4O2/c1-12-11-18(23-19(20-12)13(2)14(3)22-23)21-17(9-10-24)15-5-7-16(25-4)8-6-15/h5-8,11,17,21,24H,9-10H2,1-4H3/t17-/m1/s1. The molecular weight excluding hydrogens is 316 g/mol. The van der Waals surface area contributed by atoms with E-state index in [2.05, 4.69) is 15.4 Å². The number of fused-ring (bicyclic) bond motifs is 1. The third kappa shape index (κ3) is 3.44. The summed E-state index contributed by atoms with van der Waals surface area (Å²) in [6.07, 6.45) is 0.592. The zero-order valence-electron chi connectivity index (χ0n) is 15.1. The minimum atomic E-state index is -0.0364. The number of nitrogens with zero attached hydrogens (tertiary/aromatic N) is 3. The fourth-order valence-electron chi connectivity index (χ4n) is 2.92. The minimum Gasteiger partial charge on any atom is -0.497 e. The van der Waals surface area contributed by atoms with Crippen molar-refractivity contribution in [2.45, 2.75) is 33.2 Å². The van der Waals surface area contributed by atoms with Crippen molar-refractivity contribution in [3.05, 3.63) is 52.8 Å². The van der Waals surface area contributed by atoms with Crippen molar-refractivity contribution in [1.29, 1.82) is 0 Å². The number of benzene rings is 1. The first-order valence-corrected chi connectivity index (χ1v) is 8.38. The van der Waals surface area contributed by atoms with Crippen LogP contribution in [0.3, 0.4) is 0 Å². The second kappa shape index (κ2) is 7.11. The number of methoxy groups -OCH3 is 1. The summed E-state index contributed by atoms with van der Waals surface area (Å²) in [7, 11) is 1.65. The lowest BCUT2D eigenvalue weighted by atomic mass is 10.0. The Labute approximate surface area is 147 Å². The molecule has 3 aromatic rings. The number of hydrogen-bond acceptors (Lipinski definition) is 5. The molecule has 0 spiro atoms. The van der Waals surface area contributed by atoms with Gasteiger partial charge in [0, 0.05) is 23.9 Å². The Bertz CT molecular complexity index is 871. The van der Waals surface area contributed by atoms with Crippen molar-refractivity contribution < 1.29 is 9.84 Å². The summed E-state index contributed by atoms with van der Waals surface area (Å²) in [5, 5.41) is 17.6. The Balaban J connectivity index is 1.99. The molecule has 0 amide bonds. The Morgan fingerprint density at radius 3 is 2.56 bits per heavy atom. The van der Waals surface area contributed by atoms with E-state index in [4.69, 9.17) is 4.74 Å². The summed E-state index contributed by atoms with van der Waals surface area (Å²) in [5.74, 6) is 1.68.